The van der Waals surface area contributed by atoms with Crippen molar-refractivity contribution in [1.82, 2.24) is 13.7 Å². The Morgan fingerprint density at radius 1 is 1.14 bits per heavy atom. The van der Waals surface area contributed by atoms with E-state index in [0.29, 0.717) is 11.6 Å². The van der Waals surface area contributed by atoms with Crippen molar-refractivity contribution >= 4 is 51.0 Å². The Hall–Kier alpha value is -2.11. The van der Waals surface area contributed by atoms with Crippen molar-refractivity contribution < 1.29 is 0 Å². The van der Waals surface area contributed by atoms with E-state index in [1.165, 1.54) is 22.7 Å². The average molecular weight is 315 g/mol. The molecule has 6 heteroatoms. The van der Waals surface area contributed by atoms with Gasteiger partial charge in [0, 0.05) is 23.6 Å². The van der Waals surface area contributed by atoms with Crippen molar-refractivity contribution in [3.05, 3.63) is 53.2 Å². The van der Waals surface area contributed by atoms with E-state index in [-0.39, 0.29) is 0 Å². The van der Waals surface area contributed by atoms with Crippen molar-refractivity contribution in [3.8, 4) is 0 Å². The third-order valence-electron chi connectivity index (χ3n) is 3.51. The van der Waals surface area contributed by atoms with Gasteiger partial charge in [-0.15, -0.1) is 0 Å². The maximum Gasteiger partial charge on any atom is 0.129 e. The molecule has 2 N–H and O–H groups in total. The van der Waals surface area contributed by atoms with E-state index in [1.807, 2.05) is 30.5 Å². The maximum atomic E-state index is 6.29. The van der Waals surface area contributed by atoms with Crippen molar-refractivity contribution in [2.45, 2.75) is 6.54 Å². The summed E-state index contributed by atoms with van der Waals surface area (Å²) in [7, 11) is 0. The molecule has 0 saturated carbocycles. The number of hydrogen-bond acceptors (Lipinski definition) is 4. The SMILES string of the molecule is Clc1ccc2nsnc2c1NCc1c[nH]c2ccccc12. The first-order valence-electron chi connectivity index (χ1n) is 6.52. The summed E-state index contributed by atoms with van der Waals surface area (Å²) in [5.74, 6) is 0. The molecule has 104 valence electrons. The second-order valence-electron chi connectivity index (χ2n) is 4.77. The van der Waals surface area contributed by atoms with Gasteiger partial charge in [-0.3, -0.25) is 0 Å². The van der Waals surface area contributed by atoms with Gasteiger partial charge < -0.3 is 10.3 Å². The number of anilines is 1. The number of hydrogen-bond donors (Lipinski definition) is 2. The zero-order valence-electron chi connectivity index (χ0n) is 10.9. The van der Waals surface area contributed by atoms with E-state index in [2.05, 4.69) is 31.2 Å². The predicted molar refractivity (Wildman–Crippen MR) is 88.1 cm³/mol. The smallest absolute Gasteiger partial charge is 0.129 e. The maximum absolute atomic E-state index is 6.29. The van der Waals surface area contributed by atoms with Gasteiger partial charge in [0.05, 0.1) is 22.4 Å². The number of aromatic amines is 1. The molecule has 2 aromatic heterocycles. The number of para-hydroxylation sites is 1. The number of H-pyrrole nitrogens is 1. The number of fused-ring (bicyclic) bond motifs is 2. The Labute approximate surface area is 130 Å². The highest BCUT2D eigenvalue weighted by molar-refractivity contribution is 7.00. The lowest BCUT2D eigenvalue weighted by molar-refractivity contribution is 1.17. The fourth-order valence-electron chi connectivity index (χ4n) is 2.46. The second-order valence-corrected chi connectivity index (χ2v) is 5.70. The summed E-state index contributed by atoms with van der Waals surface area (Å²) < 4.78 is 8.56. The molecule has 0 bridgehead atoms. The minimum Gasteiger partial charge on any atom is -0.378 e. The molecule has 0 fully saturated rings. The summed E-state index contributed by atoms with van der Waals surface area (Å²) in [6.45, 7) is 0.681. The summed E-state index contributed by atoms with van der Waals surface area (Å²) in [4.78, 5) is 3.27. The molecule has 0 atom stereocenters. The van der Waals surface area contributed by atoms with Crippen LogP contribution in [0.3, 0.4) is 0 Å². The fourth-order valence-corrected chi connectivity index (χ4v) is 3.22. The van der Waals surface area contributed by atoms with Gasteiger partial charge in [-0.1, -0.05) is 29.8 Å². The molecule has 0 amide bonds. The Balaban J connectivity index is 1.69. The average Bonchev–Trinajstić information content (AvgIpc) is 3.13. The van der Waals surface area contributed by atoms with Crippen LogP contribution in [0.1, 0.15) is 5.56 Å². The molecule has 0 saturated heterocycles. The number of benzene rings is 2. The molecule has 4 nitrogen and oxygen atoms in total. The van der Waals surface area contributed by atoms with Crippen molar-refractivity contribution in [3.63, 3.8) is 0 Å². The second kappa shape index (κ2) is 5.02. The molecule has 2 heterocycles. The van der Waals surface area contributed by atoms with Gasteiger partial charge in [-0.2, -0.15) is 8.75 Å². The van der Waals surface area contributed by atoms with Gasteiger partial charge in [-0.05, 0) is 23.8 Å². The summed E-state index contributed by atoms with van der Waals surface area (Å²) >= 11 is 7.48. The van der Waals surface area contributed by atoms with Gasteiger partial charge in [0.25, 0.3) is 0 Å². The van der Waals surface area contributed by atoms with Crippen molar-refractivity contribution in [2.75, 3.05) is 5.32 Å². The number of rotatable bonds is 3. The standard InChI is InChI=1S/C15H11ClN4S/c16-11-5-6-13-15(20-21-19-13)14(11)18-8-9-7-17-12-4-2-1-3-10(9)12/h1-7,17-18H,8H2. The molecule has 21 heavy (non-hydrogen) atoms. The number of nitrogens with one attached hydrogen (secondary N) is 2. The molecule has 0 aliphatic heterocycles. The van der Waals surface area contributed by atoms with Crippen LogP contribution in [0, 0.1) is 0 Å². The molecular formula is C15H11ClN4S. The van der Waals surface area contributed by atoms with E-state index in [0.717, 1.165) is 22.2 Å². The van der Waals surface area contributed by atoms with E-state index < -0.39 is 0 Å². The molecule has 0 unspecified atom stereocenters. The van der Waals surface area contributed by atoms with Crippen molar-refractivity contribution in [1.29, 1.82) is 0 Å². The highest BCUT2D eigenvalue weighted by Gasteiger charge is 2.10. The zero-order chi connectivity index (χ0) is 14.2. The molecule has 4 rings (SSSR count). The number of aromatic nitrogens is 3. The van der Waals surface area contributed by atoms with Crippen LogP contribution in [0.15, 0.2) is 42.6 Å². The third kappa shape index (κ3) is 2.14. The van der Waals surface area contributed by atoms with Gasteiger partial charge >= 0.3 is 0 Å². The van der Waals surface area contributed by atoms with Gasteiger partial charge in [-0.25, -0.2) is 0 Å². The number of nitrogens with zero attached hydrogens (tertiary/aromatic N) is 2. The summed E-state index contributed by atoms with van der Waals surface area (Å²) in [6, 6.07) is 12.0. The lowest BCUT2D eigenvalue weighted by Crippen LogP contribution is -2.00. The first-order valence-corrected chi connectivity index (χ1v) is 7.63. The monoisotopic (exact) mass is 314 g/mol. The van der Waals surface area contributed by atoms with Gasteiger partial charge in [0.15, 0.2) is 0 Å². The first kappa shape index (κ1) is 12.6. The Morgan fingerprint density at radius 3 is 3.00 bits per heavy atom. The summed E-state index contributed by atoms with van der Waals surface area (Å²) in [6.07, 6.45) is 2.02. The van der Waals surface area contributed by atoms with E-state index in [1.54, 1.807) is 0 Å². The van der Waals surface area contributed by atoms with Crippen LogP contribution in [0.4, 0.5) is 5.69 Å². The van der Waals surface area contributed by atoms with Crippen LogP contribution in [0.25, 0.3) is 21.9 Å². The third-order valence-corrected chi connectivity index (χ3v) is 4.37. The summed E-state index contributed by atoms with van der Waals surface area (Å²) in [5.41, 5.74) is 4.86. The lowest BCUT2D eigenvalue weighted by Gasteiger charge is -2.08. The van der Waals surface area contributed by atoms with Crippen molar-refractivity contribution in [2.24, 2.45) is 0 Å². The minimum absolute atomic E-state index is 0.662. The Morgan fingerprint density at radius 2 is 2.05 bits per heavy atom. The molecule has 0 aliphatic carbocycles. The van der Waals surface area contributed by atoms with E-state index >= 15 is 0 Å². The minimum atomic E-state index is 0.662. The van der Waals surface area contributed by atoms with Gasteiger partial charge in [0.1, 0.15) is 11.0 Å². The topological polar surface area (TPSA) is 53.6 Å². The number of halogens is 1. The lowest BCUT2D eigenvalue weighted by atomic mass is 10.1. The van der Waals surface area contributed by atoms with Crippen LogP contribution in [-0.4, -0.2) is 13.7 Å². The summed E-state index contributed by atoms with van der Waals surface area (Å²) in [5, 5.41) is 5.26. The van der Waals surface area contributed by atoms with Crippen LogP contribution >= 0.6 is 23.3 Å². The largest absolute Gasteiger partial charge is 0.378 e. The first-order chi connectivity index (χ1) is 10.3. The van der Waals surface area contributed by atoms with Crippen LogP contribution in [0.5, 0.6) is 0 Å². The normalized spacial score (nSPS) is 11.3. The van der Waals surface area contributed by atoms with E-state index in [9.17, 15) is 0 Å². The van der Waals surface area contributed by atoms with Crippen LogP contribution in [-0.2, 0) is 6.54 Å². The Kier molecular flexibility index (Phi) is 3.02. The van der Waals surface area contributed by atoms with Crippen LogP contribution in [0.2, 0.25) is 5.02 Å². The molecule has 0 aliphatic rings. The molecular weight excluding hydrogens is 304 g/mol. The van der Waals surface area contributed by atoms with E-state index in [4.69, 9.17) is 11.6 Å². The highest BCUT2D eigenvalue weighted by atomic mass is 35.5. The fraction of sp³-hybridized carbons (Fsp3) is 0.0667. The highest BCUT2D eigenvalue weighted by Crippen LogP contribution is 2.30. The quantitative estimate of drug-likeness (QED) is 0.588. The predicted octanol–water partition coefficient (Wildman–Crippen LogP) is 4.44. The molecule has 0 radical (unpaired) electrons. The zero-order valence-corrected chi connectivity index (χ0v) is 12.5. The van der Waals surface area contributed by atoms with Gasteiger partial charge in [0.2, 0.25) is 0 Å². The Bertz CT molecular complexity index is 928. The van der Waals surface area contributed by atoms with Crippen LogP contribution < -0.4 is 5.32 Å². The molecule has 4 aromatic rings. The molecule has 0 spiro atoms. The molecule has 2 aromatic carbocycles.